The number of nitrogens with zero attached hydrogens (tertiary/aromatic N) is 1. The second kappa shape index (κ2) is 6.89. The molecule has 1 aliphatic heterocycles. The van der Waals surface area contributed by atoms with E-state index < -0.39 is 0 Å². The summed E-state index contributed by atoms with van der Waals surface area (Å²) in [6.45, 7) is 5.23. The normalized spacial score (nSPS) is 22.2. The van der Waals surface area contributed by atoms with Gasteiger partial charge in [-0.3, -0.25) is 4.79 Å². The Morgan fingerprint density at radius 2 is 2.20 bits per heavy atom. The van der Waals surface area contributed by atoms with Gasteiger partial charge in [0.25, 0.3) is 5.91 Å². The Balaban J connectivity index is 2.13. The number of thiophene rings is 1. The molecule has 1 aromatic rings. The first-order valence-electron chi connectivity index (χ1n) is 6.73. The maximum absolute atomic E-state index is 12.6. The molecule has 5 heteroatoms. The van der Waals surface area contributed by atoms with E-state index in [9.17, 15) is 4.79 Å². The molecule has 4 nitrogen and oxygen atoms in total. The fourth-order valence-corrected chi connectivity index (χ4v) is 3.09. The highest BCUT2D eigenvalue weighted by Gasteiger charge is 2.28. The molecule has 1 aliphatic rings. The summed E-state index contributed by atoms with van der Waals surface area (Å²) < 4.78 is 5.65. The highest BCUT2D eigenvalue weighted by atomic mass is 32.1. The summed E-state index contributed by atoms with van der Waals surface area (Å²) in [7, 11) is 0. The standard InChI is InChI=1S/C15H19NO3S/c1-11-9-16(10-12(2)19-11)15(18)14-13(6-8-20-14)5-3-4-7-17/h6,8,11-12,17H,4,7,9-10H2,1-2H3. The van der Waals surface area contributed by atoms with Gasteiger partial charge < -0.3 is 14.7 Å². The van der Waals surface area contributed by atoms with E-state index in [1.165, 1.54) is 11.3 Å². The molecular formula is C15H19NO3S. The van der Waals surface area contributed by atoms with Crippen LogP contribution >= 0.6 is 11.3 Å². The Morgan fingerprint density at radius 3 is 2.85 bits per heavy atom. The zero-order chi connectivity index (χ0) is 14.5. The van der Waals surface area contributed by atoms with Gasteiger partial charge in [-0.2, -0.15) is 0 Å². The minimum Gasteiger partial charge on any atom is -0.395 e. The SMILES string of the molecule is CC1CN(C(=O)c2sccc2C#CCCO)CC(C)O1. The number of carbonyl (C=O) groups excluding carboxylic acids is 1. The fourth-order valence-electron chi connectivity index (χ4n) is 2.27. The summed E-state index contributed by atoms with van der Waals surface area (Å²) >= 11 is 1.41. The first kappa shape index (κ1) is 15.0. The lowest BCUT2D eigenvalue weighted by Crippen LogP contribution is -2.48. The number of aliphatic hydroxyl groups is 1. The maximum atomic E-state index is 12.6. The number of carbonyl (C=O) groups is 1. The molecule has 1 N–H and O–H groups in total. The summed E-state index contributed by atoms with van der Waals surface area (Å²) in [4.78, 5) is 15.1. The van der Waals surface area contributed by atoms with Crippen LogP contribution in [0.3, 0.4) is 0 Å². The minimum atomic E-state index is 0.0234. The van der Waals surface area contributed by atoms with E-state index in [0.29, 0.717) is 24.4 Å². The van der Waals surface area contributed by atoms with Gasteiger partial charge in [-0.25, -0.2) is 0 Å². The molecular weight excluding hydrogens is 274 g/mol. The second-order valence-electron chi connectivity index (χ2n) is 4.91. The molecule has 108 valence electrons. The number of ether oxygens (including phenoxy) is 1. The lowest BCUT2D eigenvalue weighted by Gasteiger charge is -2.35. The van der Waals surface area contributed by atoms with Crippen molar-refractivity contribution in [1.29, 1.82) is 0 Å². The first-order chi connectivity index (χ1) is 9.61. The van der Waals surface area contributed by atoms with Crippen molar-refractivity contribution in [2.75, 3.05) is 19.7 Å². The third kappa shape index (κ3) is 3.60. The number of amides is 1. The molecule has 0 aromatic carbocycles. The average Bonchev–Trinajstić information content (AvgIpc) is 2.85. The summed E-state index contributed by atoms with van der Waals surface area (Å²) in [5.41, 5.74) is 0.750. The van der Waals surface area contributed by atoms with Gasteiger partial charge in [-0.15, -0.1) is 11.3 Å². The Morgan fingerprint density at radius 1 is 1.50 bits per heavy atom. The molecule has 1 fully saturated rings. The highest BCUT2D eigenvalue weighted by molar-refractivity contribution is 7.12. The fraction of sp³-hybridized carbons (Fsp3) is 0.533. The molecule has 2 atom stereocenters. The van der Waals surface area contributed by atoms with E-state index >= 15 is 0 Å². The van der Waals surface area contributed by atoms with Gasteiger partial charge in [0.2, 0.25) is 0 Å². The predicted molar refractivity (Wildman–Crippen MR) is 78.8 cm³/mol. The van der Waals surface area contributed by atoms with Gasteiger partial charge >= 0.3 is 0 Å². The van der Waals surface area contributed by atoms with Crippen LogP contribution in [0, 0.1) is 11.8 Å². The van der Waals surface area contributed by atoms with Crippen LogP contribution in [0.4, 0.5) is 0 Å². The molecule has 0 radical (unpaired) electrons. The van der Waals surface area contributed by atoms with Crippen LogP contribution < -0.4 is 0 Å². The third-order valence-electron chi connectivity index (χ3n) is 3.03. The Kier molecular flexibility index (Phi) is 5.18. The second-order valence-corrected chi connectivity index (χ2v) is 5.82. The van der Waals surface area contributed by atoms with Gasteiger partial charge in [0, 0.05) is 25.1 Å². The van der Waals surface area contributed by atoms with E-state index in [-0.39, 0.29) is 24.7 Å². The molecule has 2 heterocycles. The average molecular weight is 293 g/mol. The van der Waals surface area contributed by atoms with Crippen LogP contribution in [-0.4, -0.2) is 47.8 Å². The van der Waals surface area contributed by atoms with Crippen LogP contribution in [-0.2, 0) is 4.74 Å². The van der Waals surface area contributed by atoms with Crippen LogP contribution in [0.15, 0.2) is 11.4 Å². The van der Waals surface area contributed by atoms with Crippen LogP contribution in [0.1, 0.15) is 35.5 Å². The molecule has 0 saturated carbocycles. The smallest absolute Gasteiger partial charge is 0.265 e. The van der Waals surface area contributed by atoms with Gasteiger partial charge in [0.1, 0.15) is 4.88 Å². The number of hydrogen-bond donors (Lipinski definition) is 1. The predicted octanol–water partition coefficient (Wildman–Crippen LogP) is 1.73. The van der Waals surface area contributed by atoms with Crippen molar-refractivity contribution in [2.24, 2.45) is 0 Å². The van der Waals surface area contributed by atoms with Gasteiger partial charge in [0.15, 0.2) is 0 Å². The van der Waals surface area contributed by atoms with Crippen molar-refractivity contribution in [3.8, 4) is 11.8 Å². The molecule has 1 saturated heterocycles. The molecule has 1 aromatic heterocycles. The van der Waals surface area contributed by atoms with E-state index in [1.807, 2.05) is 30.2 Å². The van der Waals surface area contributed by atoms with Gasteiger partial charge in [-0.1, -0.05) is 11.8 Å². The van der Waals surface area contributed by atoms with Gasteiger partial charge in [0.05, 0.1) is 18.8 Å². The summed E-state index contributed by atoms with van der Waals surface area (Å²) in [5, 5.41) is 10.6. The van der Waals surface area contributed by atoms with E-state index in [4.69, 9.17) is 9.84 Å². The van der Waals surface area contributed by atoms with Crippen molar-refractivity contribution in [3.05, 3.63) is 21.9 Å². The Labute approximate surface area is 123 Å². The zero-order valence-corrected chi connectivity index (χ0v) is 12.6. The lowest BCUT2D eigenvalue weighted by atomic mass is 10.2. The van der Waals surface area contributed by atoms with Crippen molar-refractivity contribution in [2.45, 2.75) is 32.5 Å². The highest BCUT2D eigenvalue weighted by Crippen LogP contribution is 2.21. The minimum absolute atomic E-state index is 0.0234. The quantitative estimate of drug-likeness (QED) is 0.845. The van der Waals surface area contributed by atoms with Crippen LogP contribution in [0.25, 0.3) is 0 Å². The van der Waals surface area contributed by atoms with Gasteiger partial charge in [-0.05, 0) is 25.3 Å². The number of morpholine rings is 1. The molecule has 2 rings (SSSR count). The van der Waals surface area contributed by atoms with Crippen molar-refractivity contribution >= 4 is 17.2 Å². The largest absolute Gasteiger partial charge is 0.395 e. The molecule has 20 heavy (non-hydrogen) atoms. The lowest BCUT2D eigenvalue weighted by molar-refractivity contribution is -0.0585. The monoisotopic (exact) mass is 293 g/mol. The van der Waals surface area contributed by atoms with Crippen molar-refractivity contribution in [3.63, 3.8) is 0 Å². The molecule has 2 unspecified atom stereocenters. The third-order valence-corrected chi connectivity index (χ3v) is 3.93. The van der Waals surface area contributed by atoms with E-state index in [0.717, 1.165) is 5.56 Å². The zero-order valence-electron chi connectivity index (χ0n) is 11.8. The molecule has 0 aliphatic carbocycles. The summed E-state index contributed by atoms with van der Waals surface area (Å²) in [5.74, 6) is 5.85. The topological polar surface area (TPSA) is 49.8 Å². The van der Waals surface area contributed by atoms with Crippen LogP contribution in [0.5, 0.6) is 0 Å². The molecule has 1 amide bonds. The number of aliphatic hydroxyl groups excluding tert-OH is 1. The summed E-state index contributed by atoms with van der Waals surface area (Å²) in [6.07, 6.45) is 0.549. The number of rotatable bonds is 2. The Bertz CT molecular complexity index is 519. The van der Waals surface area contributed by atoms with E-state index in [1.54, 1.807) is 0 Å². The summed E-state index contributed by atoms with van der Waals surface area (Å²) in [6, 6.07) is 1.86. The first-order valence-corrected chi connectivity index (χ1v) is 7.61. The number of hydrogen-bond acceptors (Lipinski definition) is 4. The molecule has 0 bridgehead atoms. The maximum Gasteiger partial charge on any atom is 0.265 e. The van der Waals surface area contributed by atoms with Crippen LogP contribution in [0.2, 0.25) is 0 Å². The van der Waals surface area contributed by atoms with E-state index in [2.05, 4.69) is 11.8 Å². The van der Waals surface area contributed by atoms with Crippen molar-refractivity contribution in [1.82, 2.24) is 4.90 Å². The van der Waals surface area contributed by atoms with Crippen molar-refractivity contribution < 1.29 is 14.6 Å². The molecule has 0 spiro atoms. The Hall–Kier alpha value is -1.35.